The molecule has 0 aliphatic carbocycles. The van der Waals surface area contributed by atoms with Gasteiger partial charge >= 0.3 is 12.1 Å². The van der Waals surface area contributed by atoms with E-state index in [0.29, 0.717) is 25.3 Å². The summed E-state index contributed by atoms with van der Waals surface area (Å²) in [5.74, 6) is -0.132. The van der Waals surface area contributed by atoms with Crippen molar-refractivity contribution < 1.29 is 19.1 Å². The summed E-state index contributed by atoms with van der Waals surface area (Å²) < 4.78 is 10.2. The van der Waals surface area contributed by atoms with Crippen LogP contribution >= 0.6 is 11.6 Å². The van der Waals surface area contributed by atoms with E-state index in [-0.39, 0.29) is 23.4 Å². The molecule has 138 valence electrons. The van der Waals surface area contributed by atoms with Crippen LogP contribution in [-0.4, -0.2) is 53.4 Å². The molecule has 2 rings (SSSR count). The highest BCUT2D eigenvalue weighted by atomic mass is 35.5. The Morgan fingerprint density at radius 2 is 2.12 bits per heavy atom. The molecule has 2 heterocycles. The third-order valence-electron chi connectivity index (χ3n) is 3.45. The first kappa shape index (κ1) is 19.2. The third kappa shape index (κ3) is 5.19. The molecule has 0 saturated carbocycles. The minimum atomic E-state index is -0.584. The molecule has 25 heavy (non-hydrogen) atoms. The Morgan fingerprint density at radius 3 is 2.76 bits per heavy atom. The summed E-state index contributed by atoms with van der Waals surface area (Å²) >= 11 is 6.28. The van der Waals surface area contributed by atoms with Crippen molar-refractivity contribution in [2.45, 2.75) is 45.8 Å². The highest BCUT2D eigenvalue weighted by Crippen LogP contribution is 2.28. The number of nitrogens with one attached hydrogen (secondary N) is 1. The minimum Gasteiger partial charge on any atom is -0.461 e. The quantitative estimate of drug-likeness (QED) is 0.813. The van der Waals surface area contributed by atoms with Crippen LogP contribution in [0.1, 0.15) is 44.6 Å². The van der Waals surface area contributed by atoms with Gasteiger partial charge in [-0.05, 0) is 34.1 Å². The molecule has 1 aliphatic heterocycles. The van der Waals surface area contributed by atoms with Crippen molar-refractivity contribution in [2.24, 2.45) is 0 Å². The second-order valence-corrected chi connectivity index (χ2v) is 7.04. The van der Waals surface area contributed by atoms with Crippen molar-refractivity contribution in [2.75, 3.05) is 24.6 Å². The van der Waals surface area contributed by atoms with Crippen molar-refractivity contribution in [3.05, 3.63) is 17.0 Å². The largest absolute Gasteiger partial charge is 0.461 e. The number of amides is 1. The first-order valence-corrected chi connectivity index (χ1v) is 8.51. The van der Waals surface area contributed by atoms with Gasteiger partial charge in [-0.2, -0.15) is 0 Å². The second-order valence-electron chi connectivity index (χ2n) is 6.66. The number of anilines is 1. The van der Waals surface area contributed by atoms with E-state index in [2.05, 4.69) is 15.3 Å². The van der Waals surface area contributed by atoms with E-state index in [1.807, 2.05) is 25.7 Å². The van der Waals surface area contributed by atoms with E-state index in [0.717, 1.165) is 0 Å². The monoisotopic (exact) mass is 370 g/mol. The fourth-order valence-corrected chi connectivity index (χ4v) is 2.76. The predicted octanol–water partition coefficient (Wildman–Crippen LogP) is 2.41. The number of aromatic nitrogens is 2. The molecule has 1 N–H and O–H groups in total. The SMILES string of the molecule is CCOC(=O)c1ncnc(N2CC[C@H](NC(=O)OC(C)(C)C)C2)c1Cl. The van der Waals surface area contributed by atoms with Crippen LogP contribution in [0.15, 0.2) is 6.33 Å². The standard InChI is InChI=1S/C16H23ClN4O4/c1-5-24-14(22)12-11(17)13(19-9-18-12)21-7-6-10(8-21)20-15(23)25-16(2,3)4/h9-10H,5-8H2,1-4H3,(H,20,23)/t10-/m0/s1. The van der Waals surface area contributed by atoms with Crippen LogP contribution in [0.3, 0.4) is 0 Å². The number of ether oxygens (including phenoxy) is 2. The number of carbonyl (C=O) groups excluding carboxylic acids is 2. The molecule has 9 heteroatoms. The number of hydrogen-bond donors (Lipinski definition) is 1. The zero-order valence-electron chi connectivity index (χ0n) is 14.8. The Hall–Kier alpha value is -2.09. The molecule has 1 aliphatic rings. The molecule has 0 aromatic carbocycles. The van der Waals surface area contributed by atoms with Gasteiger partial charge in [0.1, 0.15) is 17.0 Å². The van der Waals surface area contributed by atoms with Gasteiger partial charge in [0.2, 0.25) is 0 Å². The molecule has 1 aromatic rings. The van der Waals surface area contributed by atoms with Gasteiger partial charge in [0, 0.05) is 13.1 Å². The summed E-state index contributed by atoms with van der Waals surface area (Å²) in [5.41, 5.74) is -0.510. The molecule has 0 unspecified atom stereocenters. The van der Waals surface area contributed by atoms with E-state index < -0.39 is 17.7 Å². The lowest BCUT2D eigenvalue weighted by molar-refractivity contribution is 0.0503. The van der Waals surface area contributed by atoms with Crippen molar-refractivity contribution in [1.29, 1.82) is 0 Å². The van der Waals surface area contributed by atoms with E-state index in [9.17, 15) is 9.59 Å². The molecule has 0 spiro atoms. The molecule has 1 aromatic heterocycles. The van der Waals surface area contributed by atoms with E-state index in [4.69, 9.17) is 21.1 Å². The van der Waals surface area contributed by atoms with Gasteiger partial charge in [-0.15, -0.1) is 0 Å². The predicted molar refractivity (Wildman–Crippen MR) is 93.0 cm³/mol. The normalized spacial score (nSPS) is 17.3. The van der Waals surface area contributed by atoms with E-state index in [1.54, 1.807) is 6.92 Å². The Kier molecular flexibility index (Phi) is 6.05. The third-order valence-corrected chi connectivity index (χ3v) is 3.80. The second kappa shape index (κ2) is 7.86. The molecule has 1 saturated heterocycles. The number of hydrogen-bond acceptors (Lipinski definition) is 7. The topological polar surface area (TPSA) is 93.6 Å². The van der Waals surface area contributed by atoms with Gasteiger partial charge in [0.15, 0.2) is 11.5 Å². The smallest absolute Gasteiger partial charge is 0.407 e. The maximum Gasteiger partial charge on any atom is 0.407 e. The fourth-order valence-electron chi connectivity index (χ4n) is 2.47. The molecule has 0 bridgehead atoms. The van der Waals surface area contributed by atoms with Crippen LogP contribution in [0.4, 0.5) is 10.6 Å². The summed E-state index contributed by atoms with van der Waals surface area (Å²) in [6, 6.07) is -0.0908. The summed E-state index contributed by atoms with van der Waals surface area (Å²) in [6.45, 7) is 8.53. The Morgan fingerprint density at radius 1 is 1.40 bits per heavy atom. The number of rotatable bonds is 4. The highest BCUT2D eigenvalue weighted by Gasteiger charge is 2.29. The summed E-state index contributed by atoms with van der Waals surface area (Å²) in [5, 5.41) is 2.98. The maximum absolute atomic E-state index is 11.9. The Labute approximate surface area is 151 Å². The van der Waals surface area contributed by atoms with Crippen LogP contribution in [0.25, 0.3) is 0 Å². The van der Waals surface area contributed by atoms with Crippen LogP contribution in [0.5, 0.6) is 0 Å². The zero-order valence-corrected chi connectivity index (χ0v) is 15.6. The Balaban J connectivity index is 2.03. The number of alkyl carbamates (subject to hydrolysis) is 1. The maximum atomic E-state index is 11.9. The molecule has 1 atom stereocenters. The van der Waals surface area contributed by atoms with Gasteiger partial charge < -0.3 is 19.7 Å². The van der Waals surface area contributed by atoms with Gasteiger partial charge in [-0.1, -0.05) is 11.6 Å². The van der Waals surface area contributed by atoms with E-state index in [1.165, 1.54) is 6.33 Å². The number of halogens is 1. The van der Waals surface area contributed by atoms with Crippen LogP contribution in [0, 0.1) is 0 Å². The van der Waals surface area contributed by atoms with Gasteiger partial charge in [0.25, 0.3) is 0 Å². The van der Waals surface area contributed by atoms with Crippen molar-refractivity contribution >= 4 is 29.5 Å². The number of carbonyl (C=O) groups is 2. The summed E-state index contributed by atoms with van der Waals surface area (Å²) in [4.78, 5) is 33.7. The van der Waals surface area contributed by atoms with Crippen molar-refractivity contribution in [3.63, 3.8) is 0 Å². The average molecular weight is 371 g/mol. The lowest BCUT2D eigenvalue weighted by Crippen LogP contribution is -2.40. The molecule has 1 fully saturated rings. The zero-order chi connectivity index (χ0) is 18.6. The van der Waals surface area contributed by atoms with Crippen LogP contribution in [-0.2, 0) is 9.47 Å². The highest BCUT2D eigenvalue weighted by molar-refractivity contribution is 6.35. The van der Waals surface area contributed by atoms with Crippen molar-refractivity contribution in [1.82, 2.24) is 15.3 Å². The first-order chi connectivity index (χ1) is 11.7. The molecular formula is C16H23ClN4O4. The fraction of sp³-hybridized carbons (Fsp3) is 0.625. The van der Waals surface area contributed by atoms with Crippen molar-refractivity contribution in [3.8, 4) is 0 Å². The van der Waals surface area contributed by atoms with Gasteiger partial charge in [-0.25, -0.2) is 19.6 Å². The van der Waals surface area contributed by atoms with Crippen LogP contribution in [0.2, 0.25) is 5.02 Å². The van der Waals surface area contributed by atoms with E-state index >= 15 is 0 Å². The first-order valence-electron chi connectivity index (χ1n) is 8.13. The molecule has 0 radical (unpaired) electrons. The molecule has 8 nitrogen and oxygen atoms in total. The van der Waals surface area contributed by atoms with Gasteiger partial charge in [0.05, 0.1) is 12.6 Å². The number of nitrogens with zero attached hydrogens (tertiary/aromatic N) is 3. The summed E-state index contributed by atoms with van der Waals surface area (Å²) in [6.07, 6.45) is 1.54. The number of esters is 1. The average Bonchev–Trinajstić information content (AvgIpc) is 2.93. The molecule has 1 amide bonds. The van der Waals surface area contributed by atoms with Crippen LogP contribution < -0.4 is 10.2 Å². The Bertz CT molecular complexity index is 648. The molecular weight excluding hydrogens is 348 g/mol. The minimum absolute atomic E-state index is 0.0390. The van der Waals surface area contributed by atoms with Gasteiger partial charge in [-0.3, -0.25) is 0 Å². The lowest BCUT2D eigenvalue weighted by atomic mass is 10.2. The summed E-state index contributed by atoms with van der Waals surface area (Å²) in [7, 11) is 0. The lowest BCUT2D eigenvalue weighted by Gasteiger charge is -2.22.